The molecule has 106 valence electrons. The molecule has 0 radical (unpaired) electrons. The van der Waals surface area contributed by atoms with Crippen LogP contribution in [0.15, 0.2) is 24.3 Å². The second-order valence-corrected chi connectivity index (χ2v) is 5.00. The Morgan fingerprint density at radius 2 is 1.79 bits per heavy atom. The highest BCUT2D eigenvalue weighted by Gasteiger charge is 2.11. The van der Waals surface area contributed by atoms with Crippen LogP contribution in [0.25, 0.3) is 0 Å². The van der Waals surface area contributed by atoms with Crippen molar-refractivity contribution < 1.29 is 4.79 Å². The molecule has 0 aliphatic heterocycles. The number of alkyl halides is 1. The minimum absolute atomic E-state index is 0.0178. The van der Waals surface area contributed by atoms with Crippen LogP contribution in [-0.4, -0.2) is 30.4 Å². The maximum absolute atomic E-state index is 11.3. The zero-order chi connectivity index (χ0) is 14.3. The second kappa shape index (κ2) is 8.18. The lowest BCUT2D eigenvalue weighted by atomic mass is 10.1. The topological polar surface area (TPSA) is 32.3 Å². The van der Waals surface area contributed by atoms with Crippen LogP contribution in [0.5, 0.6) is 0 Å². The molecule has 1 rings (SSSR count). The predicted molar refractivity (Wildman–Crippen MR) is 81.7 cm³/mol. The molecule has 3 nitrogen and oxygen atoms in total. The zero-order valence-electron chi connectivity index (χ0n) is 11.9. The van der Waals surface area contributed by atoms with Crippen molar-refractivity contribution in [1.82, 2.24) is 4.90 Å². The van der Waals surface area contributed by atoms with Gasteiger partial charge in [0.25, 0.3) is 0 Å². The maximum atomic E-state index is 11.3. The molecule has 0 saturated carbocycles. The molecule has 1 unspecified atom stereocenters. The first-order valence-corrected chi connectivity index (χ1v) is 7.30. The van der Waals surface area contributed by atoms with Gasteiger partial charge in [0.05, 0.1) is 5.38 Å². The summed E-state index contributed by atoms with van der Waals surface area (Å²) >= 11 is 6.41. The number of anilines is 1. The first kappa shape index (κ1) is 16.0. The minimum Gasteiger partial charge on any atom is -0.326 e. The van der Waals surface area contributed by atoms with E-state index in [4.69, 9.17) is 11.6 Å². The Morgan fingerprint density at radius 1 is 1.21 bits per heavy atom. The van der Waals surface area contributed by atoms with Crippen molar-refractivity contribution in [2.75, 3.05) is 25.0 Å². The first-order chi connectivity index (χ1) is 9.10. The second-order valence-electron chi connectivity index (χ2n) is 4.48. The standard InChI is InChI=1S/C15H23ClN2O/c1-4-15(19)17-13-9-7-12(8-10-13)14(16)11-18(5-2)6-3/h7-10,14H,4-6,11H2,1-3H3,(H,17,19). The highest BCUT2D eigenvalue weighted by molar-refractivity contribution is 6.21. The molecule has 0 fully saturated rings. The van der Waals surface area contributed by atoms with E-state index in [0.717, 1.165) is 30.9 Å². The summed E-state index contributed by atoms with van der Waals surface area (Å²) < 4.78 is 0. The van der Waals surface area contributed by atoms with Crippen molar-refractivity contribution in [2.24, 2.45) is 0 Å². The Morgan fingerprint density at radius 3 is 2.26 bits per heavy atom. The van der Waals surface area contributed by atoms with E-state index in [9.17, 15) is 4.79 Å². The van der Waals surface area contributed by atoms with Crippen molar-refractivity contribution in [1.29, 1.82) is 0 Å². The fraction of sp³-hybridized carbons (Fsp3) is 0.533. The lowest BCUT2D eigenvalue weighted by Gasteiger charge is -2.21. The number of likely N-dealkylation sites (N-methyl/N-ethyl adjacent to an activating group) is 1. The monoisotopic (exact) mass is 282 g/mol. The molecule has 1 aromatic rings. The number of carbonyl (C=O) groups is 1. The molecule has 1 amide bonds. The van der Waals surface area contributed by atoms with Gasteiger partial charge in [-0.2, -0.15) is 0 Å². The predicted octanol–water partition coefficient (Wildman–Crippen LogP) is 3.66. The molecule has 19 heavy (non-hydrogen) atoms. The van der Waals surface area contributed by atoms with E-state index in [-0.39, 0.29) is 11.3 Å². The lowest BCUT2D eigenvalue weighted by molar-refractivity contribution is -0.115. The highest BCUT2D eigenvalue weighted by Crippen LogP contribution is 2.23. The molecule has 0 heterocycles. The summed E-state index contributed by atoms with van der Waals surface area (Å²) in [5.74, 6) is 0.0262. The molecule has 0 bridgehead atoms. The number of hydrogen-bond acceptors (Lipinski definition) is 2. The summed E-state index contributed by atoms with van der Waals surface area (Å²) in [5.41, 5.74) is 1.91. The van der Waals surface area contributed by atoms with Crippen LogP contribution in [-0.2, 0) is 4.79 Å². The Bertz CT molecular complexity index is 388. The molecule has 0 spiro atoms. The Balaban J connectivity index is 2.62. The van der Waals surface area contributed by atoms with Crippen LogP contribution in [0.3, 0.4) is 0 Å². The molecule has 0 saturated heterocycles. The van der Waals surface area contributed by atoms with Crippen molar-refractivity contribution in [2.45, 2.75) is 32.6 Å². The van der Waals surface area contributed by atoms with Crippen LogP contribution >= 0.6 is 11.6 Å². The number of nitrogens with zero attached hydrogens (tertiary/aromatic N) is 1. The Kier molecular flexibility index (Phi) is 6.89. The van der Waals surface area contributed by atoms with E-state index < -0.39 is 0 Å². The number of amides is 1. The highest BCUT2D eigenvalue weighted by atomic mass is 35.5. The largest absolute Gasteiger partial charge is 0.326 e. The van der Waals surface area contributed by atoms with E-state index in [0.29, 0.717) is 6.42 Å². The Labute approximate surface area is 120 Å². The van der Waals surface area contributed by atoms with Gasteiger partial charge in [-0.15, -0.1) is 11.6 Å². The lowest BCUT2D eigenvalue weighted by Crippen LogP contribution is -2.26. The molecule has 1 aromatic carbocycles. The number of hydrogen-bond donors (Lipinski definition) is 1. The Hall–Kier alpha value is -1.06. The van der Waals surface area contributed by atoms with Crippen LogP contribution in [0.4, 0.5) is 5.69 Å². The fourth-order valence-electron chi connectivity index (χ4n) is 1.84. The van der Waals surface area contributed by atoms with Gasteiger partial charge in [0.1, 0.15) is 0 Å². The third-order valence-corrected chi connectivity index (χ3v) is 3.58. The number of rotatable bonds is 7. The summed E-state index contributed by atoms with van der Waals surface area (Å²) in [5, 5.41) is 2.81. The molecule has 0 aromatic heterocycles. The molecule has 1 atom stereocenters. The van der Waals surface area contributed by atoms with Gasteiger partial charge in [0, 0.05) is 18.7 Å². The summed E-state index contributed by atoms with van der Waals surface area (Å²) in [4.78, 5) is 13.6. The molecule has 0 aliphatic rings. The van der Waals surface area contributed by atoms with Gasteiger partial charge < -0.3 is 10.2 Å². The fourth-order valence-corrected chi connectivity index (χ4v) is 2.18. The van der Waals surface area contributed by atoms with Gasteiger partial charge in [0.2, 0.25) is 5.91 Å². The van der Waals surface area contributed by atoms with Crippen LogP contribution in [0, 0.1) is 0 Å². The normalized spacial score (nSPS) is 12.5. The van der Waals surface area contributed by atoms with E-state index in [2.05, 4.69) is 24.1 Å². The molecule has 0 aliphatic carbocycles. The van der Waals surface area contributed by atoms with Crippen LogP contribution in [0.1, 0.15) is 38.1 Å². The minimum atomic E-state index is -0.0178. The third-order valence-electron chi connectivity index (χ3n) is 3.19. The van der Waals surface area contributed by atoms with Crippen molar-refractivity contribution in [3.05, 3.63) is 29.8 Å². The summed E-state index contributed by atoms with van der Waals surface area (Å²) in [6.45, 7) is 8.96. The quantitative estimate of drug-likeness (QED) is 0.774. The zero-order valence-corrected chi connectivity index (χ0v) is 12.7. The summed E-state index contributed by atoms with van der Waals surface area (Å²) in [6, 6.07) is 7.76. The maximum Gasteiger partial charge on any atom is 0.224 e. The molecular formula is C15H23ClN2O. The smallest absolute Gasteiger partial charge is 0.224 e. The van der Waals surface area contributed by atoms with Gasteiger partial charge in [-0.1, -0.05) is 32.9 Å². The van der Waals surface area contributed by atoms with E-state index >= 15 is 0 Å². The SMILES string of the molecule is CCC(=O)Nc1ccc(C(Cl)CN(CC)CC)cc1. The summed E-state index contributed by atoms with van der Waals surface area (Å²) in [6.07, 6.45) is 0.488. The van der Waals surface area contributed by atoms with E-state index in [1.165, 1.54) is 0 Å². The van der Waals surface area contributed by atoms with E-state index in [1.807, 2.05) is 31.2 Å². The summed E-state index contributed by atoms with van der Waals surface area (Å²) in [7, 11) is 0. The molecule has 1 N–H and O–H groups in total. The van der Waals surface area contributed by atoms with Crippen molar-refractivity contribution >= 4 is 23.2 Å². The van der Waals surface area contributed by atoms with Gasteiger partial charge in [-0.3, -0.25) is 4.79 Å². The van der Waals surface area contributed by atoms with Gasteiger partial charge in [0.15, 0.2) is 0 Å². The van der Waals surface area contributed by atoms with Crippen LogP contribution < -0.4 is 5.32 Å². The number of carbonyl (C=O) groups excluding carboxylic acids is 1. The van der Waals surface area contributed by atoms with Gasteiger partial charge >= 0.3 is 0 Å². The van der Waals surface area contributed by atoms with Crippen molar-refractivity contribution in [3.63, 3.8) is 0 Å². The third kappa shape index (κ3) is 5.21. The molecular weight excluding hydrogens is 260 g/mol. The average molecular weight is 283 g/mol. The van der Waals surface area contributed by atoms with Crippen molar-refractivity contribution in [3.8, 4) is 0 Å². The molecule has 4 heteroatoms. The van der Waals surface area contributed by atoms with E-state index in [1.54, 1.807) is 0 Å². The van der Waals surface area contributed by atoms with Gasteiger partial charge in [-0.25, -0.2) is 0 Å². The average Bonchev–Trinajstić information content (AvgIpc) is 2.45. The van der Waals surface area contributed by atoms with Gasteiger partial charge in [-0.05, 0) is 30.8 Å². The number of nitrogens with one attached hydrogen (secondary N) is 1. The van der Waals surface area contributed by atoms with Crippen LogP contribution in [0.2, 0.25) is 0 Å². The first-order valence-electron chi connectivity index (χ1n) is 6.86. The number of halogens is 1. The number of benzene rings is 1.